The van der Waals surface area contributed by atoms with E-state index < -0.39 is 260 Å². The number of nitrogens with one attached hydrogen (secondary N) is 9. The Kier molecular flexibility index (Phi) is 66.4. The van der Waals surface area contributed by atoms with Crippen LogP contribution in [0.3, 0.4) is 0 Å². The Bertz CT molecular complexity index is 4440. The molecule has 0 saturated heterocycles. The van der Waals surface area contributed by atoms with Gasteiger partial charge in [-0.05, 0) is 141 Å². The first-order chi connectivity index (χ1) is 69.0. The first kappa shape index (κ1) is 141. The maximum absolute atomic E-state index is 14.2. The van der Waals surface area contributed by atoms with Gasteiger partial charge in [0.1, 0.15) is 122 Å². The predicted molar refractivity (Wildman–Crippen MR) is 563 cm³/mol. The van der Waals surface area contributed by atoms with Gasteiger partial charge in [-0.15, -0.1) is 0 Å². The van der Waals surface area contributed by atoms with E-state index in [1.165, 1.54) is 161 Å². The molecule has 12 atom stereocenters. The molecule has 0 unspecified atom stereocenters. The molecule has 19 amide bonds. The molecule has 10 N–H and O–H groups in total. The van der Waals surface area contributed by atoms with E-state index in [2.05, 4.69) is 70.5 Å². The van der Waals surface area contributed by atoms with Crippen LogP contribution in [0.2, 0.25) is 0 Å². The highest BCUT2D eigenvalue weighted by Crippen LogP contribution is 2.22. The molecule has 0 aliphatic rings. The van der Waals surface area contributed by atoms with Crippen LogP contribution in [0.4, 0.5) is 28.8 Å². The minimum absolute atomic E-state index is 0.0272. The van der Waals surface area contributed by atoms with Crippen LogP contribution in [0.1, 0.15) is 136 Å². The number of ether oxygens (including phenoxy) is 8. The van der Waals surface area contributed by atoms with E-state index in [0.717, 1.165) is 36.5 Å². The molecule has 0 aromatic heterocycles. The Balaban J connectivity index is -0.00000238. The second kappa shape index (κ2) is 70.1. The van der Waals surface area contributed by atoms with E-state index in [9.17, 15) is 105 Å². The number of rotatable bonds is 56. The molecule has 149 heavy (non-hydrogen) atoms. The van der Waals surface area contributed by atoms with Crippen molar-refractivity contribution < 1.29 is 148 Å². The maximum atomic E-state index is 14.2. The van der Waals surface area contributed by atoms with Crippen LogP contribution in [-0.4, -0.2) is 498 Å². The molecule has 0 fully saturated rings. The lowest BCUT2D eigenvalue weighted by Gasteiger charge is -2.36. The zero-order chi connectivity index (χ0) is 116. The van der Waals surface area contributed by atoms with Gasteiger partial charge in [-0.2, -0.15) is 47.0 Å². The largest absolute Gasteiger partial charge is 0.480 e. The van der Waals surface area contributed by atoms with Crippen LogP contribution < -0.4 is 47.9 Å². The standard InChI is InChI=1S/C47H82N10O15S2.C25H43N5O9S.C22H41N5O7S/c1-19-22-70-45(68)57(15)32(21-3)42(65)56(14)34(28-74-18)40(63)52(10)25-29(50-43(66)71-46(4,5)6)37(60)48-23-35(58)54(12)31(20-2)41(64)55(13)33(27-73-17)39(62)53(11)26-30(38(61)49-24-36(59)69-16)51-44(67)72-47(7,8)9;1-10-12-38-24(37)30(8)17(11-2)22(35)29(7)18(15-40-9)21(34)28(6)14-16(20(33)26-13-19(31)32)27-23(36)39-25(3,4)5;1-10-14(23-5)19(30)27(7)16(13-35-9)20(31)26(6)12-15(18(29)24-11-17(28)33-8)25-21(32)34-22(2,3)4/h19,29-34H,1,20-28H2,2-18H3,(H,48,60)(H,49,61)(H,50,66)(H,51,67);10,16-18H,1,11-15H2,2-9H3,(H,26,33)(H,27,36)(H,31,32);14-16,23H,10-13H2,1-9H3,(H,24,29)(H,25,32)/t29-,30-,31+,32+,33+,34+;16-,17+,18+;14-,15+,16-/m110/s1. The molecule has 0 radical (unpaired) electrons. The van der Waals surface area contributed by atoms with Crippen molar-refractivity contribution in [1.29, 1.82) is 0 Å². The molecule has 0 rings (SSSR count). The molecule has 0 bridgehead atoms. The van der Waals surface area contributed by atoms with Gasteiger partial charge in [-0.25, -0.2) is 28.8 Å². The Morgan fingerprint density at radius 2 is 0.544 bits per heavy atom. The summed E-state index contributed by atoms with van der Waals surface area (Å²) in [6, 6.07) is -13.0. The number of hydrogen-bond donors (Lipinski definition) is 10. The fourth-order valence-corrected chi connectivity index (χ4v) is 16.0. The Hall–Kier alpha value is -12.0. The van der Waals surface area contributed by atoms with Crippen molar-refractivity contribution in [1.82, 2.24) is 102 Å². The lowest BCUT2D eigenvalue weighted by atomic mass is 10.1. The van der Waals surface area contributed by atoms with E-state index in [0.29, 0.717) is 12.2 Å². The summed E-state index contributed by atoms with van der Waals surface area (Å²) >= 11 is 5.22. The molecule has 0 aromatic rings. The van der Waals surface area contributed by atoms with Gasteiger partial charge in [0, 0.05) is 127 Å². The van der Waals surface area contributed by atoms with E-state index >= 15 is 0 Å². The molecule has 0 aliphatic carbocycles. The highest BCUT2D eigenvalue weighted by molar-refractivity contribution is 7.99. The Morgan fingerprint density at radius 1 is 0.315 bits per heavy atom. The van der Waals surface area contributed by atoms with Crippen molar-refractivity contribution in [3.8, 4) is 0 Å². The summed E-state index contributed by atoms with van der Waals surface area (Å²) in [7, 11) is 19.5. The lowest BCUT2D eigenvalue weighted by molar-refractivity contribution is -0.149. The molecule has 852 valence electrons. The number of thioether (sulfide) groups is 4. The molecular formula is C94H166N20O31S4. The smallest absolute Gasteiger partial charge is 0.410 e. The zero-order valence-corrected chi connectivity index (χ0v) is 96.2. The molecule has 0 aliphatic heterocycles. The molecule has 0 spiro atoms. The van der Waals surface area contributed by atoms with Crippen molar-refractivity contribution in [3.63, 3.8) is 0 Å². The van der Waals surface area contributed by atoms with E-state index in [-0.39, 0.29) is 68.7 Å². The second-order valence-electron chi connectivity index (χ2n) is 37.7. The number of likely N-dealkylation sites (N-methyl/N-ethyl adjacent to an activating group) is 12. The van der Waals surface area contributed by atoms with Crippen LogP contribution in [0.25, 0.3) is 0 Å². The monoisotopic (exact) mass is 2200 g/mol. The summed E-state index contributed by atoms with van der Waals surface area (Å²) in [4.78, 5) is 298. The van der Waals surface area contributed by atoms with E-state index in [1.807, 2.05) is 13.2 Å². The maximum Gasteiger partial charge on any atom is 0.410 e. The summed E-state index contributed by atoms with van der Waals surface area (Å²) in [5.74, 6) is -10.1. The van der Waals surface area contributed by atoms with Crippen LogP contribution in [0, 0.1) is 0 Å². The van der Waals surface area contributed by atoms with Gasteiger partial charge in [0.15, 0.2) is 0 Å². The third-order valence-electron chi connectivity index (χ3n) is 21.2. The normalized spacial score (nSPS) is 13.5. The number of nitrogens with zero attached hydrogens (tertiary/aromatic N) is 11. The van der Waals surface area contributed by atoms with Crippen molar-refractivity contribution in [2.24, 2.45) is 0 Å². The molecule has 0 heterocycles. The number of carboxylic acid groups (broad SMARTS) is 1. The van der Waals surface area contributed by atoms with Crippen molar-refractivity contribution in [2.75, 3.05) is 212 Å². The second-order valence-corrected chi connectivity index (χ2v) is 41.4. The summed E-state index contributed by atoms with van der Waals surface area (Å²) < 4.78 is 40.3. The van der Waals surface area contributed by atoms with Gasteiger partial charge >= 0.3 is 54.5 Å². The zero-order valence-electron chi connectivity index (χ0n) is 93.0. The van der Waals surface area contributed by atoms with Gasteiger partial charge in [0.25, 0.3) is 0 Å². The Labute approximate surface area is 892 Å². The first-order valence-corrected chi connectivity index (χ1v) is 53.0. The van der Waals surface area contributed by atoms with Gasteiger partial charge in [0.2, 0.25) is 76.8 Å². The molecule has 51 nitrogen and oxygen atoms in total. The van der Waals surface area contributed by atoms with Gasteiger partial charge in [-0.1, -0.05) is 53.0 Å². The number of amides is 19. The summed E-state index contributed by atoms with van der Waals surface area (Å²) in [5.41, 5.74) is -3.62. The molecule has 55 heteroatoms. The number of carbonyl (C=O) groups excluding carboxylic acids is 21. The first-order valence-electron chi connectivity index (χ1n) is 47.4. The van der Waals surface area contributed by atoms with E-state index in [4.69, 9.17) is 33.5 Å². The molecule has 0 saturated carbocycles. The summed E-state index contributed by atoms with van der Waals surface area (Å²) in [5, 5.41) is 30.9. The predicted octanol–water partition coefficient (Wildman–Crippen LogP) is 1.32. The van der Waals surface area contributed by atoms with Gasteiger partial charge in [0.05, 0.1) is 26.8 Å². The van der Waals surface area contributed by atoms with E-state index in [1.54, 1.807) is 137 Å². The fourth-order valence-electron chi connectivity index (χ4n) is 13.3. The van der Waals surface area contributed by atoms with Crippen LogP contribution in [0.5, 0.6) is 0 Å². The van der Waals surface area contributed by atoms with Crippen LogP contribution in [-0.2, 0) is 115 Å². The SMILES string of the molecule is C=CCOC(=O)N(C)[C@@H](CC)C(=O)N(C)[C@@H](CSC)C(=O)N(C)C[C@@H](NC(=O)OC(C)(C)C)C(=O)NCC(=O)N(C)[C@@H](CC)C(=O)N(C)[C@@H](CSC)C(=O)N(C)C[C@@H](NC(=O)OC(C)(C)C)C(=O)NCC(=O)OC.C=CCOC(=O)N(C)[C@@H](CC)C(=O)N(C)[C@@H](CSC)C(=O)N(C)C[C@@H](NC(=O)OC(C)(C)C)C(=O)NCC(=O)O.CC[C@H](NC)C(=O)N(C)[C@@H](CSC)C(=O)N(C)C[C@@H](NC(=O)OC(C)(C)C)C(=O)NCC(=O)OC. The average Bonchev–Trinajstić information content (AvgIpc) is 0.842. The fraction of sp³-hybridized carbons (Fsp3) is 0.723. The number of carboxylic acids is 1. The highest BCUT2D eigenvalue weighted by atomic mass is 32.2. The summed E-state index contributed by atoms with van der Waals surface area (Å²) in [6.45, 7) is 29.6. The number of hydrogen-bond acceptors (Lipinski definition) is 35. The number of alkyl carbamates (subject to hydrolysis) is 4. The number of aliphatic carboxylic acids is 1. The van der Waals surface area contributed by atoms with Crippen molar-refractivity contribution in [3.05, 3.63) is 25.3 Å². The number of esters is 2. The van der Waals surface area contributed by atoms with Crippen LogP contribution >= 0.6 is 47.0 Å². The van der Waals surface area contributed by atoms with Gasteiger partial charge < -0.3 is 135 Å². The third kappa shape index (κ3) is 53.3. The van der Waals surface area contributed by atoms with Crippen molar-refractivity contribution >= 4 is 178 Å². The third-order valence-corrected chi connectivity index (χ3v) is 23.8. The average molecular weight is 2200 g/mol. The number of methoxy groups -OCH3 is 2. The van der Waals surface area contributed by atoms with Crippen LogP contribution in [0.15, 0.2) is 25.3 Å². The minimum atomic E-state index is -1.51. The lowest BCUT2D eigenvalue weighted by Crippen LogP contribution is -2.59. The topological polar surface area (TPSA) is 614 Å². The molecular weight excluding hydrogens is 2030 g/mol. The van der Waals surface area contributed by atoms with Crippen molar-refractivity contribution in [2.45, 2.75) is 231 Å². The molecule has 0 aromatic carbocycles. The quantitative estimate of drug-likeness (QED) is 0.0233. The minimum Gasteiger partial charge on any atom is -0.480 e. The summed E-state index contributed by atoms with van der Waals surface area (Å²) in [6.07, 6.45) is 5.59. The van der Waals surface area contributed by atoms with Gasteiger partial charge in [-0.3, -0.25) is 86.5 Å². The highest BCUT2D eigenvalue weighted by Gasteiger charge is 2.44. The Morgan fingerprint density at radius 3 is 0.745 bits per heavy atom. The number of carbonyl (C=O) groups is 22.